The third kappa shape index (κ3) is 7.47. The van der Waals surface area contributed by atoms with E-state index in [1.54, 1.807) is 18.6 Å². The number of pyridine rings is 6. The average Bonchev–Trinajstić information content (AvgIpc) is 3.27. The molecule has 3 aromatic carbocycles. The molecule has 0 N–H and O–H groups in total. The summed E-state index contributed by atoms with van der Waals surface area (Å²) in [5.41, 5.74) is 15.3. The summed E-state index contributed by atoms with van der Waals surface area (Å²) in [6.07, 6.45) is 7.20. The van der Waals surface area contributed by atoms with E-state index >= 15 is 0 Å². The lowest BCUT2D eigenvalue weighted by Gasteiger charge is -2.11. The Balaban J connectivity index is 0.978. The summed E-state index contributed by atoms with van der Waals surface area (Å²) in [6.45, 7) is 0. The van der Waals surface area contributed by atoms with Gasteiger partial charge in [-0.15, -0.1) is 0 Å². The lowest BCUT2D eigenvalue weighted by molar-refractivity contribution is 1.22. The lowest BCUT2D eigenvalue weighted by Crippen LogP contribution is -1.94. The standard InChI is InChI=1S/C48H31BrN6/c49-40-27-37(33-15-13-32(14-16-33)36-21-25-53-46(29-36)45-12-7-11-44(54-45)41-8-1-4-22-50-41)26-38(28-40)34-17-19-35(20-18-34)39-30-47(42-9-2-5-23-51-42)55-48(31-39)43-10-3-6-24-52-43/h1-31H. The molecule has 0 bridgehead atoms. The van der Waals surface area contributed by atoms with Crippen LogP contribution in [0.25, 0.3) is 90.1 Å². The zero-order valence-corrected chi connectivity index (χ0v) is 31.0. The Labute approximate surface area is 327 Å². The van der Waals surface area contributed by atoms with Crippen LogP contribution in [-0.2, 0) is 0 Å². The highest BCUT2D eigenvalue weighted by molar-refractivity contribution is 9.10. The second-order valence-electron chi connectivity index (χ2n) is 13.0. The van der Waals surface area contributed by atoms with E-state index in [0.717, 1.165) is 94.5 Å². The van der Waals surface area contributed by atoms with Crippen LogP contribution in [0.2, 0.25) is 0 Å². The van der Waals surface area contributed by atoms with Gasteiger partial charge in [0, 0.05) is 29.3 Å². The molecule has 0 amide bonds. The van der Waals surface area contributed by atoms with Crippen molar-refractivity contribution in [1.82, 2.24) is 29.9 Å². The summed E-state index contributed by atoms with van der Waals surface area (Å²) >= 11 is 3.78. The van der Waals surface area contributed by atoms with E-state index in [-0.39, 0.29) is 0 Å². The van der Waals surface area contributed by atoms with Gasteiger partial charge in [0.05, 0.1) is 45.6 Å². The first-order valence-electron chi connectivity index (χ1n) is 17.8. The molecule has 7 heteroatoms. The van der Waals surface area contributed by atoms with Crippen molar-refractivity contribution in [3.63, 3.8) is 0 Å². The van der Waals surface area contributed by atoms with Crippen LogP contribution in [0.1, 0.15) is 0 Å². The summed E-state index contributed by atoms with van der Waals surface area (Å²) < 4.78 is 1.02. The molecule has 55 heavy (non-hydrogen) atoms. The number of hydrogen-bond acceptors (Lipinski definition) is 6. The highest BCUT2D eigenvalue weighted by Gasteiger charge is 2.12. The smallest absolute Gasteiger partial charge is 0.0900 e. The molecule has 9 rings (SSSR count). The fourth-order valence-corrected chi connectivity index (χ4v) is 7.10. The van der Waals surface area contributed by atoms with E-state index in [9.17, 15) is 0 Å². The first-order chi connectivity index (χ1) is 27.1. The Morgan fingerprint density at radius 3 is 1.13 bits per heavy atom. The van der Waals surface area contributed by atoms with Gasteiger partial charge >= 0.3 is 0 Å². The number of rotatable bonds is 8. The molecular weight excluding hydrogens is 740 g/mol. The molecule has 0 unspecified atom stereocenters. The highest BCUT2D eigenvalue weighted by Crippen LogP contribution is 2.35. The maximum absolute atomic E-state index is 4.93. The van der Waals surface area contributed by atoms with E-state index in [0.29, 0.717) is 0 Å². The summed E-state index contributed by atoms with van der Waals surface area (Å²) in [5.74, 6) is 0. The minimum Gasteiger partial charge on any atom is -0.255 e. The van der Waals surface area contributed by atoms with E-state index in [4.69, 9.17) is 9.97 Å². The topological polar surface area (TPSA) is 77.3 Å². The number of halogens is 1. The van der Waals surface area contributed by atoms with Crippen molar-refractivity contribution in [2.45, 2.75) is 0 Å². The molecule has 0 atom stereocenters. The van der Waals surface area contributed by atoms with Crippen molar-refractivity contribution in [1.29, 1.82) is 0 Å². The lowest BCUT2D eigenvalue weighted by atomic mass is 9.95. The number of aromatic nitrogens is 6. The van der Waals surface area contributed by atoms with Crippen LogP contribution in [0, 0.1) is 0 Å². The van der Waals surface area contributed by atoms with Gasteiger partial charge in [0.2, 0.25) is 0 Å². The zero-order valence-electron chi connectivity index (χ0n) is 29.5. The number of hydrogen-bond donors (Lipinski definition) is 0. The molecule has 0 aliphatic heterocycles. The number of nitrogens with zero attached hydrogens (tertiary/aromatic N) is 6. The molecule has 0 saturated carbocycles. The van der Waals surface area contributed by atoms with Crippen LogP contribution < -0.4 is 0 Å². The van der Waals surface area contributed by atoms with Gasteiger partial charge in [-0.25, -0.2) is 9.97 Å². The molecule has 6 nitrogen and oxygen atoms in total. The molecule has 6 aromatic heterocycles. The van der Waals surface area contributed by atoms with E-state index in [1.807, 2.05) is 85.1 Å². The van der Waals surface area contributed by atoms with Crippen molar-refractivity contribution in [3.8, 4) is 90.1 Å². The number of benzene rings is 3. The Kier molecular flexibility index (Phi) is 9.34. The van der Waals surface area contributed by atoms with Crippen molar-refractivity contribution >= 4 is 15.9 Å². The summed E-state index contributed by atoms with van der Waals surface area (Å²) in [7, 11) is 0. The van der Waals surface area contributed by atoms with Crippen LogP contribution in [0.4, 0.5) is 0 Å². The average molecular weight is 772 g/mol. The molecule has 9 aromatic rings. The Hall–Kier alpha value is -6.96. The van der Waals surface area contributed by atoms with Crippen LogP contribution in [0.5, 0.6) is 0 Å². The normalized spacial score (nSPS) is 11.0. The van der Waals surface area contributed by atoms with Crippen molar-refractivity contribution in [2.75, 3.05) is 0 Å². The van der Waals surface area contributed by atoms with Crippen molar-refractivity contribution in [2.24, 2.45) is 0 Å². The second kappa shape index (κ2) is 15.2. The summed E-state index contributed by atoms with van der Waals surface area (Å²) in [6, 6.07) is 55.7. The molecule has 0 radical (unpaired) electrons. The minimum absolute atomic E-state index is 0.804. The largest absolute Gasteiger partial charge is 0.255 e. The van der Waals surface area contributed by atoms with Gasteiger partial charge in [-0.05, 0) is 136 Å². The van der Waals surface area contributed by atoms with Gasteiger partial charge in [-0.1, -0.05) is 88.7 Å². The van der Waals surface area contributed by atoms with E-state index in [2.05, 4.69) is 121 Å². The fraction of sp³-hybridized carbons (Fsp3) is 0. The third-order valence-electron chi connectivity index (χ3n) is 9.38. The van der Waals surface area contributed by atoms with Crippen LogP contribution in [0.15, 0.2) is 193 Å². The molecule has 0 fully saturated rings. The quantitative estimate of drug-likeness (QED) is 0.153. The van der Waals surface area contributed by atoms with Gasteiger partial charge in [0.15, 0.2) is 0 Å². The molecule has 0 aliphatic rings. The molecule has 260 valence electrons. The molecule has 0 aliphatic carbocycles. The second-order valence-corrected chi connectivity index (χ2v) is 13.9. The summed E-state index contributed by atoms with van der Waals surface area (Å²) in [5, 5.41) is 0. The highest BCUT2D eigenvalue weighted by atomic mass is 79.9. The van der Waals surface area contributed by atoms with Crippen molar-refractivity contribution < 1.29 is 0 Å². The fourth-order valence-electron chi connectivity index (χ4n) is 6.61. The van der Waals surface area contributed by atoms with Gasteiger partial charge in [0.1, 0.15) is 0 Å². The summed E-state index contributed by atoms with van der Waals surface area (Å²) in [4.78, 5) is 28.0. The van der Waals surface area contributed by atoms with E-state index in [1.165, 1.54) is 0 Å². The Morgan fingerprint density at radius 1 is 0.255 bits per heavy atom. The first-order valence-corrected chi connectivity index (χ1v) is 18.6. The van der Waals surface area contributed by atoms with Crippen molar-refractivity contribution in [3.05, 3.63) is 193 Å². The van der Waals surface area contributed by atoms with Gasteiger partial charge in [0.25, 0.3) is 0 Å². The zero-order chi connectivity index (χ0) is 37.0. The van der Waals surface area contributed by atoms with Crippen LogP contribution in [-0.4, -0.2) is 29.9 Å². The predicted octanol–water partition coefficient (Wildman–Crippen LogP) is 12.2. The predicted molar refractivity (Wildman–Crippen MR) is 224 cm³/mol. The Bertz CT molecular complexity index is 2680. The van der Waals surface area contributed by atoms with Crippen LogP contribution >= 0.6 is 15.9 Å². The monoisotopic (exact) mass is 770 g/mol. The molecular formula is C48H31BrN6. The molecule has 6 heterocycles. The van der Waals surface area contributed by atoms with Crippen LogP contribution in [0.3, 0.4) is 0 Å². The minimum atomic E-state index is 0.804. The molecule has 0 saturated heterocycles. The first kappa shape index (κ1) is 33.8. The SMILES string of the molecule is Brc1cc(-c2ccc(-c3ccnc(-c4cccc(-c5ccccn5)n4)c3)cc2)cc(-c2ccc(-c3cc(-c4ccccn4)nc(-c4ccccn4)c3)cc2)c1. The van der Waals surface area contributed by atoms with E-state index < -0.39 is 0 Å². The maximum Gasteiger partial charge on any atom is 0.0900 e. The third-order valence-corrected chi connectivity index (χ3v) is 9.84. The van der Waals surface area contributed by atoms with Gasteiger partial charge < -0.3 is 0 Å². The molecule has 0 spiro atoms. The van der Waals surface area contributed by atoms with Gasteiger partial charge in [-0.3, -0.25) is 19.9 Å². The van der Waals surface area contributed by atoms with Gasteiger partial charge in [-0.2, -0.15) is 0 Å². The Morgan fingerprint density at radius 2 is 0.636 bits per heavy atom. The maximum atomic E-state index is 4.93.